The van der Waals surface area contributed by atoms with E-state index < -0.39 is 5.41 Å². The molecular formula is C18H31N3O. The van der Waals surface area contributed by atoms with Gasteiger partial charge in [-0.1, -0.05) is 45.0 Å². The minimum atomic E-state index is -0.431. The molecule has 1 aromatic rings. The second-order valence-electron chi connectivity index (χ2n) is 6.02. The zero-order valence-corrected chi connectivity index (χ0v) is 14.5. The molecule has 1 aromatic carbocycles. The highest BCUT2D eigenvalue weighted by molar-refractivity contribution is 5.82. The summed E-state index contributed by atoms with van der Waals surface area (Å²) in [6.45, 7) is 9.10. The van der Waals surface area contributed by atoms with Crippen molar-refractivity contribution >= 4 is 5.91 Å². The highest BCUT2D eigenvalue weighted by Crippen LogP contribution is 2.25. The number of hydrogen-bond acceptors (Lipinski definition) is 3. The lowest BCUT2D eigenvalue weighted by atomic mass is 9.81. The quantitative estimate of drug-likeness (QED) is 0.737. The Balaban J connectivity index is 2.68. The van der Waals surface area contributed by atoms with E-state index in [1.54, 1.807) is 0 Å². The molecule has 0 saturated carbocycles. The Labute approximate surface area is 135 Å². The van der Waals surface area contributed by atoms with Crippen molar-refractivity contribution in [2.75, 3.05) is 20.1 Å². The largest absolute Gasteiger partial charge is 0.352 e. The number of amides is 1. The molecular weight excluding hydrogens is 274 g/mol. The number of carbonyl (C=O) groups is 1. The lowest BCUT2D eigenvalue weighted by Gasteiger charge is -2.28. The molecule has 4 nitrogen and oxygen atoms in total. The SMILES string of the molecule is CCN(C)Cc1cccc(CNC(=O)C(CC)(CC)CN)c1. The summed E-state index contributed by atoms with van der Waals surface area (Å²) >= 11 is 0. The van der Waals surface area contributed by atoms with Gasteiger partial charge in [-0.15, -0.1) is 0 Å². The highest BCUT2D eigenvalue weighted by atomic mass is 16.2. The van der Waals surface area contributed by atoms with Gasteiger partial charge in [-0.2, -0.15) is 0 Å². The van der Waals surface area contributed by atoms with Crippen LogP contribution in [-0.2, 0) is 17.9 Å². The fourth-order valence-electron chi connectivity index (χ4n) is 2.58. The summed E-state index contributed by atoms with van der Waals surface area (Å²) in [7, 11) is 2.10. The topological polar surface area (TPSA) is 58.4 Å². The molecule has 4 heteroatoms. The Morgan fingerprint density at radius 3 is 2.41 bits per heavy atom. The monoisotopic (exact) mass is 305 g/mol. The van der Waals surface area contributed by atoms with E-state index in [2.05, 4.69) is 48.5 Å². The third-order valence-electron chi connectivity index (χ3n) is 4.66. The molecule has 0 saturated heterocycles. The summed E-state index contributed by atoms with van der Waals surface area (Å²) < 4.78 is 0. The van der Waals surface area contributed by atoms with Crippen molar-refractivity contribution in [1.82, 2.24) is 10.2 Å². The van der Waals surface area contributed by atoms with Gasteiger partial charge >= 0.3 is 0 Å². The van der Waals surface area contributed by atoms with Gasteiger partial charge in [0.05, 0.1) is 5.41 Å². The Bertz CT molecular complexity index is 461. The van der Waals surface area contributed by atoms with Gasteiger partial charge < -0.3 is 16.0 Å². The third kappa shape index (κ3) is 4.82. The number of nitrogens with one attached hydrogen (secondary N) is 1. The number of hydrogen-bond donors (Lipinski definition) is 2. The average molecular weight is 305 g/mol. The summed E-state index contributed by atoms with van der Waals surface area (Å²) in [5.41, 5.74) is 7.80. The van der Waals surface area contributed by atoms with E-state index in [1.165, 1.54) is 5.56 Å². The summed E-state index contributed by atoms with van der Waals surface area (Å²) in [6.07, 6.45) is 1.54. The molecule has 0 unspecified atom stereocenters. The predicted molar refractivity (Wildman–Crippen MR) is 92.4 cm³/mol. The fraction of sp³-hybridized carbons (Fsp3) is 0.611. The van der Waals surface area contributed by atoms with Gasteiger partial charge in [0.2, 0.25) is 5.91 Å². The summed E-state index contributed by atoms with van der Waals surface area (Å²) in [4.78, 5) is 14.7. The highest BCUT2D eigenvalue weighted by Gasteiger charge is 2.32. The van der Waals surface area contributed by atoms with Gasteiger partial charge in [-0.3, -0.25) is 4.79 Å². The van der Waals surface area contributed by atoms with Gasteiger partial charge in [-0.25, -0.2) is 0 Å². The molecule has 22 heavy (non-hydrogen) atoms. The van der Waals surface area contributed by atoms with Crippen LogP contribution in [0.3, 0.4) is 0 Å². The first-order valence-electron chi connectivity index (χ1n) is 8.26. The molecule has 0 bridgehead atoms. The smallest absolute Gasteiger partial charge is 0.227 e. The van der Waals surface area contributed by atoms with E-state index in [9.17, 15) is 4.79 Å². The number of nitrogens with zero attached hydrogens (tertiary/aromatic N) is 1. The molecule has 0 radical (unpaired) electrons. The normalized spacial score (nSPS) is 11.7. The molecule has 0 spiro atoms. The molecule has 0 aliphatic carbocycles. The number of carbonyl (C=O) groups excluding carboxylic acids is 1. The molecule has 0 fully saturated rings. The van der Waals surface area contributed by atoms with Crippen molar-refractivity contribution in [2.24, 2.45) is 11.1 Å². The minimum Gasteiger partial charge on any atom is -0.352 e. The van der Waals surface area contributed by atoms with Crippen molar-refractivity contribution in [1.29, 1.82) is 0 Å². The van der Waals surface area contributed by atoms with Crippen LogP contribution in [0, 0.1) is 5.41 Å². The van der Waals surface area contributed by atoms with Crippen LogP contribution in [-0.4, -0.2) is 30.9 Å². The van der Waals surface area contributed by atoms with E-state index in [1.807, 2.05) is 13.8 Å². The van der Waals surface area contributed by atoms with Crippen LogP contribution < -0.4 is 11.1 Å². The van der Waals surface area contributed by atoms with Crippen molar-refractivity contribution in [2.45, 2.75) is 46.7 Å². The Hall–Kier alpha value is -1.39. The summed E-state index contributed by atoms with van der Waals surface area (Å²) in [5.74, 6) is 0.0658. The molecule has 0 heterocycles. The van der Waals surface area contributed by atoms with Crippen LogP contribution in [0.25, 0.3) is 0 Å². The van der Waals surface area contributed by atoms with Crippen molar-refractivity contribution in [3.8, 4) is 0 Å². The van der Waals surface area contributed by atoms with E-state index in [0.717, 1.165) is 31.5 Å². The number of nitrogens with two attached hydrogens (primary N) is 1. The molecule has 1 rings (SSSR count). The van der Waals surface area contributed by atoms with Gasteiger partial charge in [0.15, 0.2) is 0 Å². The number of benzene rings is 1. The van der Waals surface area contributed by atoms with Crippen molar-refractivity contribution in [3.63, 3.8) is 0 Å². The van der Waals surface area contributed by atoms with Crippen molar-refractivity contribution in [3.05, 3.63) is 35.4 Å². The molecule has 3 N–H and O–H groups in total. The molecule has 1 amide bonds. The second-order valence-corrected chi connectivity index (χ2v) is 6.02. The Morgan fingerprint density at radius 2 is 1.86 bits per heavy atom. The molecule has 0 atom stereocenters. The van der Waals surface area contributed by atoms with Crippen LogP contribution in [0.1, 0.15) is 44.7 Å². The van der Waals surface area contributed by atoms with Crippen LogP contribution in [0.2, 0.25) is 0 Å². The zero-order valence-electron chi connectivity index (χ0n) is 14.5. The first-order chi connectivity index (χ1) is 10.5. The lowest BCUT2D eigenvalue weighted by molar-refractivity contribution is -0.131. The standard InChI is InChI=1S/C18H31N3O/c1-5-18(6-2,14-19)17(22)20-12-15-9-8-10-16(11-15)13-21(4)7-3/h8-11H,5-7,12-14,19H2,1-4H3,(H,20,22). The maximum absolute atomic E-state index is 12.4. The van der Waals surface area contributed by atoms with Gasteiger partial charge in [0.1, 0.15) is 0 Å². The third-order valence-corrected chi connectivity index (χ3v) is 4.66. The molecule has 0 aliphatic heterocycles. The van der Waals surface area contributed by atoms with Crippen LogP contribution in [0.15, 0.2) is 24.3 Å². The van der Waals surface area contributed by atoms with E-state index in [4.69, 9.17) is 5.73 Å². The summed E-state index contributed by atoms with van der Waals surface area (Å²) in [6, 6.07) is 8.39. The van der Waals surface area contributed by atoms with Crippen LogP contribution >= 0.6 is 0 Å². The zero-order chi connectivity index (χ0) is 16.6. The van der Waals surface area contributed by atoms with E-state index >= 15 is 0 Å². The van der Waals surface area contributed by atoms with Crippen LogP contribution in [0.5, 0.6) is 0 Å². The minimum absolute atomic E-state index is 0.0658. The summed E-state index contributed by atoms with van der Waals surface area (Å²) in [5, 5.41) is 3.05. The van der Waals surface area contributed by atoms with E-state index in [0.29, 0.717) is 13.1 Å². The first-order valence-corrected chi connectivity index (χ1v) is 8.26. The van der Waals surface area contributed by atoms with Crippen LogP contribution in [0.4, 0.5) is 0 Å². The fourth-order valence-corrected chi connectivity index (χ4v) is 2.58. The Morgan fingerprint density at radius 1 is 1.23 bits per heavy atom. The number of rotatable bonds is 9. The van der Waals surface area contributed by atoms with Gasteiger partial charge in [-0.05, 0) is 37.6 Å². The molecule has 0 aliphatic rings. The van der Waals surface area contributed by atoms with Gasteiger partial charge in [0, 0.05) is 19.6 Å². The average Bonchev–Trinajstić information content (AvgIpc) is 2.55. The maximum Gasteiger partial charge on any atom is 0.227 e. The maximum atomic E-state index is 12.4. The second kappa shape index (κ2) is 8.91. The van der Waals surface area contributed by atoms with E-state index in [-0.39, 0.29) is 5.91 Å². The Kier molecular flexibility index (Phi) is 7.56. The lowest BCUT2D eigenvalue weighted by Crippen LogP contribution is -2.45. The van der Waals surface area contributed by atoms with Gasteiger partial charge in [0.25, 0.3) is 0 Å². The first kappa shape index (κ1) is 18.7. The predicted octanol–water partition coefficient (Wildman–Crippen LogP) is 2.52. The molecule has 0 aromatic heterocycles. The van der Waals surface area contributed by atoms with Crippen molar-refractivity contribution < 1.29 is 4.79 Å². The molecule has 124 valence electrons.